The number of amides is 2. The van der Waals surface area contributed by atoms with E-state index < -0.39 is 0 Å². The van der Waals surface area contributed by atoms with Crippen molar-refractivity contribution in [3.63, 3.8) is 0 Å². The first-order valence-electron chi connectivity index (χ1n) is 34.9. The standard InChI is InChI=1S/C88H62N16O2/c105-87(61-7-3-53(4-8-61)79-63-11-15-67(97-63)81(55-27-41-89-42-28-55)71-19-23-75(101-71)85(59-35-49-93-50-36-59)76-24-20-72(102-76)82(56-29-43-90-44-30-56)68-16-12-64(79)98-68)95-39-1-2-40-96-88(106)62-9-5-54(6-10-62)80-65-13-17-69(99-65)83(57-31-45-91-46-32-57)73-21-25-77(103-73)86(60-37-51-94-52-38-60)78-26-22-74(104-78)84(58-33-47-92-48-34-58)70-18-14-66(80)100-70/h3-38,41-52,97,99,102,104H,1-2,39-40H2,(H,95,105)(H,96,106). The molecule has 0 unspecified atom stereocenters. The van der Waals surface area contributed by atoms with Gasteiger partial charge in [0, 0.05) is 187 Å². The first-order chi connectivity index (χ1) is 52.4. The number of pyridine rings is 6. The Morgan fingerprint density at radius 1 is 0.226 bits per heavy atom. The summed E-state index contributed by atoms with van der Waals surface area (Å²) in [6, 6.07) is 55.9. The fourth-order valence-electron chi connectivity index (χ4n) is 14.4. The van der Waals surface area contributed by atoms with Crippen LogP contribution in [0.1, 0.15) is 79.1 Å². The second-order valence-corrected chi connectivity index (χ2v) is 25.8. The SMILES string of the molecule is O=C(NCCCCNC(=O)c1ccc(-c2c3nc(c(-c4ccncc4)c4ccc([nH]4)c(-c4ccncc4)c4nc(c(-c5ccncc5)c5ccc2[nH]5)C=C4)C=C3)cc1)c1ccc(-c2c3nc(c(-c4ccncc4)c4ccc([nH]4)c(-c4ccncc4)c4nc(c(-c5ccncc5)c5ccc2[nH]5)C=C4)C=C3)cc1. The smallest absolute Gasteiger partial charge is 0.251 e. The van der Waals surface area contributed by atoms with Gasteiger partial charge in [-0.15, -0.1) is 0 Å². The Morgan fingerprint density at radius 3 is 0.575 bits per heavy atom. The molecule has 16 bridgehead atoms. The van der Waals surface area contributed by atoms with Crippen LogP contribution in [0.2, 0.25) is 0 Å². The third-order valence-electron chi connectivity index (χ3n) is 19.4. The number of benzene rings is 2. The zero-order chi connectivity index (χ0) is 70.9. The van der Waals surface area contributed by atoms with Crippen molar-refractivity contribution in [3.05, 3.63) is 301 Å². The Bertz CT molecular complexity index is 5810. The summed E-state index contributed by atoms with van der Waals surface area (Å²) in [5, 5.41) is 6.22. The molecule has 18 heteroatoms. The maximum Gasteiger partial charge on any atom is 0.251 e. The van der Waals surface area contributed by atoms with Gasteiger partial charge < -0.3 is 30.6 Å². The van der Waals surface area contributed by atoms with Crippen molar-refractivity contribution in [2.75, 3.05) is 13.1 Å². The van der Waals surface area contributed by atoms with Crippen molar-refractivity contribution in [1.29, 1.82) is 0 Å². The zero-order valence-electron chi connectivity index (χ0n) is 56.8. The summed E-state index contributed by atoms with van der Waals surface area (Å²) in [6.07, 6.45) is 39.2. The number of hydrogen-bond acceptors (Lipinski definition) is 12. The molecule has 106 heavy (non-hydrogen) atoms. The summed E-state index contributed by atoms with van der Waals surface area (Å²) >= 11 is 0. The van der Waals surface area contributed by atoms with Crippen LogP contribution < -0.4 is 10.6 Å². The molecule has 18 rings (SSSR count). The molecule has 14 aromatic rings. The molecule has 16 heterocycles. The largest absolute Gasteiger partial charge is 0.354 e. The third-order valence-corrected chi connectivity index (χ3v) is 19.4. The molecule has 0 saturated heterocycles. The number of aromatic amines is 4. The van der Waals surface area contributed by atoms with Gasteiger partial charge in [-0.3, -0.25) is 39.5 Å². The van der Waals surface area contributed by atoms with E-state index in [0.29, 0.717) is 37.1 Å². The van der Waals surface area contributed by atoms with Gasteiger partial charge in [-0.25, -0.2) is 19.9 Å². The molecule has 2 amide bonds. The molecular formula is C88H62N16O2. The van der Waals surface area contributed by atoms with Crippen LogP contribution in [0.15, 0.2) is 244 Å². The highest BCUT2D eigenvalue weighted by atomic mass is 16.2. The summed E-state index contributed by atoms with van der Waals surface area (Å²) in [5.74, 6) is -0.408. The third kappa shape index (κ3) is 12.3. The Balaban J connectivity index is 0.610. The van der Waals surface area contributed by atoms with Crippen LogP contribution in [-0.4, -0.2) is 94.7 Å². The molecule has 2 aromatic carbocycles. The average molecular weight is 1380 g/mol. The van der Waals surface area contributed by atoms with Gasteiger partial charge in [-0.2, -0.15) is 0 Å². The van der Waals surface area contributed by atoms with Gasteiger partial charge in [-0.05, 0) is 252 Å². The summed E-state index contributed by atoms with van der Waals surface area (Å²) in [6.45, 7) is 0.822. The van der Waals surface area contributed by atoms with Crippen molar-refractivity contribution < 1.29 is 9.59 Å². The first kappa shape index (κ1) is 63.6. The van der Waals surface area contributed by atoms with E-state index in [2.05, 4.69) is 145 Å². The number of unbranched alkanes of at least 4 members (excludes halogenated alkanes) is 1. The lowest BCUT2D eigenvalue weighted by Gasteiger charge is -2.09. The van der Waals surface area contributed by atoms with Gasteiger partial charge in [0.15, 0.2) is 0 Å². The van der Waals surface area contributed by atoms with Crippen LogP contribution in [0.25, 0.3) is 182 Å². The lowest BCUT2D eigenvalue weighted by molar-refractivity contribution is 0.0939. The Kier molecular flexibility index (Phi) is 16.7. The highest BCUT2D eigenvalue weighted by Crippen LogP contribution is 2.42. The second kappa shape index (κ2) is 27.8. The van der Waals surface area contributed by atoms with E-state index in [9.17, 15) is 9.59 Å². The Labute approximate surface area is 607 Å². The fraction of sp³-hybridized carbons (Fsp3) is 0.0455. The molecule has 0 fully saturated rings. The van der Waals surface area contributed by atoms with E-state index in [1.165, 1.54) is 0 Å². The van der Waals surface area contributed by atoms with Gasteiger partial charge in [0.1, 0.15) is 0 Å². The van der Waals surface area contributed by atoms with Crippen molar-refractivity contribution in [2.45, 2.75) is 12.8 Å². The minimum atomic E-state index is -0.204. The predicted molar refractivity (Wildman–Crippen MR) is 422 cm³/mol. The number of carbonyl (C=O) groups is 2. The topological polar surface area (TPSA) is 250 Å². The molecule has 506 valence electrons. The minimum Gasteiger partial charge on any atom is -0.354 e. The molecule has 0 aliphatic carbocycles. The molecule has 6 N–H and O–H groups in total. The fourth-order valence-corrected chi connectivity index (χ4v) is 14.4. The molecule has 0 radical (unpaired) electrons. The number of nitrogens with one attached hydrogen (secondary N) is 6. The molecule has 4 aliphatic rings. The number of aromatic nitrogens is 14. The highest BCUT2D eigenvalue weighted by molar-refractivity contribution is 6.04. The predicted octanol–water partition coefficient (Wildman–Crippen LogP) is 18.3. The van der Waals surface area contributed by atoms with Crippen LogP contribution in [0, 0.1) is 0 Å². The molecule has 12 aromatic heterocycles. The molecule has 0 saturated carbocycles. The Hall–Kier alpha value is -14.5. The lowest BCUT2D eigenvalue weighted by atomic mass is 10.0. The monoisotopic (exact) mass is 1370 g/mol. The number of fused-ring (bicyclic) bond motifs is 16. The van der Waals surface area contributed by atoms with Crippen molar-refractivity contribution >= 4 is 105 Å². The summed E-state index contributed by atoms with van der Waals surface area (Å²) in [7, 11) is 0. The quantitative estimate of drug-likeness (QED) is 0.0525. The number of H-pyrrole nitrogens is 4. The van der Waals surface area contributed by atoms with Crippen molar-refractivity contribution in [2.24, 2.45) is 0 Å². The van der Waals surface area contributed by atoms with Crippen LogP contribution in [0.4, 0.5) is 0 Å². The normalized spacial score (nSPS) is 12.0. The first-order valence-corrected chi connectivity index (χ1v) is 34.9. The van der Waals surface area contributed by atoms with E-state index >= 15 is 0 Å². The van der Waals surface area contributed by atoms with E-state index in [4.69, 9.17) is 19.9 Å². The molecule has 18 nitrogen and oxygen atoms in total. The summed E-state index contributed by atoms with van der Waals surface area (Å²) < 4.78 is 0. The van der Waals surface area contributed by atoms with Crippen LogP contribution in [-0.2, 0) is 0 Å². The zero-order valence-corrected chi connectivity index (χ0v) is 56.8. The van der Waals surface area contributed by atoms with E-state index in [1.54, 1.807) is 74.4 Å². The Morgan fingerprint density at radius 2 is 0.396 bits per heavy atom. The number of nitrogens with zero attached hydrogens (tertiary/aromatic N) is 10. The maximum atomic E-state index is 13.9. The lowest BCUT2D eigenvalue weighted by Crippen LogP contribution is -2.27. The average Bonchev–Trinajstić information content (AvgIpc) is 1.61. The minimum absolute atomic E-state index is 0.204. The van der Waals surface area contributed by atoms with Gasteiger partial charge in [0.25, 0.3) is 11.8 Å². The van der Waals surface area contributed by atoms with Gasteiger partial charge >= 0.3 is 0 Å². The van der Waals surface area contributed by atoms with Crippen molar-refractivity contribution in [1.82, 2.24) is 80.4 Å². The van der Waals surface area contributed by atoms with E-state index in [0.717, 1.165) is 179 Å². The number of rotatable bonds is 15. The van der Waals surface area contributed by atoms with E-state index in [1.807, 2.05) is 133 Å². The molecular weight excluding hydrogens is 1310 g/mol. The van der Waals surface area contributed by atoms with Crippen LogP contribution >= 0.6 is 0 Å². The van der Waals surface area contributed by atoms with Crippen molar-refractivity contribution in [3.8, 4) is 89.0 Å². The van der Waals surface area contributed by atoms with Crippen LogP contribution in [0.3, 0.4) is 0 Å². The molecule has 4 aliphatic heterocycles. The van der Waals surface area contributed by atoms with E-state index in [-0.39, 0.29) is 11.8 Å². The van der Waals surface area contributed by atoms with Gasteiger partial charge in [-0.1, -0.05) is 24.3 Å². The summed E-state index contributed by atoms with van der Waals surface area (Å²) in [5.41, 5.74) is 28.6. The maximum absolute atomic E-state index is 13.9. The molecule has 0 atom stereocenters. The second-order valence-electron chi connectivity index (χ2n) is 25.8. The molecule has 0 spiro atoms. The van der Waals surface area contributed by atoms with Crippen LogP contribution in [0.5, 0.6) is 0 Å². The number of carbonyl (C=O) groups excluding carboxylic acids is 2. The summed E-state index contributed by atoms with van der Waals surface area (Å²) in [4.78, 5) is 90.7. The number of hydrogen-bond donors (Lipinski definition) is 6. The highest BCUT2D eigenvalue weighted by Gasteiger charge is 2.23. The van der Waals surface area contributed by atoms with Gasteiger partial charge in [0.2, 0.25) is 0 Å². The van der Waals surface area contributed by atoms with Gasteiger partial charge in [0.05, 0.1) is 45.6 Å².